The van der Waals surface area contributed by atoms with Crippen molar-refractivity contribution in [1.82, 2.24) is 9.36 Å². The van der Waals surface area contributed by atoms with Crippen LogP contribution in [0.1, 0.15) is 36.6 Å². The average molecular weight is 403 g/mol. The van der Waals surface area contributed by atoms with Crippen LogP contribution >= 0.6 is 0 Å². The maximum absolute atomic E-state index is 13.0. The molecule has 4 rings (SSSR count). The number of para-hydroxylation sites is 1. The van der Waals surface area contributed by atoms with E-state index in [1.54, 1.807) is 22.7 Å². The predicted molar refractivity (Wildman–Crippen MR) is 118 cm³/mol. The third-order valence-electron chi connectivity index (χ3n) is 5.51. The van der Waals surface area contributed by atoms with Gasteiger partial charge in [-0.15, -0.1) is 0 Å². The Bertz CT molecular complexity index is 1280. The van der Waals surface area contributed by atoms with Gasteiger partial charge < -0.3 is 9.73 Å². The van der Waals surface area contributed by atoms with Gasteiger partial charge in [0.15, 0.2) is 0 Å². The van der Waals surface area contributed by atoms with Crippen molar-refractivity contribution in [3.8, 4) is 5.69 Å². The molecule has 154 valence electrons. The second kappa shape index (κ2) is 7.71. The molecule has 0 fully saturated rings. The Morgan fingerprint density at radius 2 is 1.87 bits per heavy atom. The van der Waals surface area contributed by atoms with E-state index in [0.717, 1.165) is 22.2 Å². The van der Waals surface area contributed by atoms with Gasteiger partial charge in [-0.3, -0.25) is 14.3 Å². The molecular weight excluding hydrogens is 378 g/mol. The van der Waals surface area contributed by atoms with Gasteiger partial charge in [0.05, 0.1) is 24.1 Å². The van der Waals surface area contributed by atoms with Crippen molar-refractivity contribution in [1.29, 1.82) is 0 Å². The Kier molecular flexibility index (Phi) is 5.08. The molecule has 6 heteroatoms. The number of rotatable bonds is 5. The third-order valence-corrected chi connectivity index (χ3v) is 5.51. The lowest BCUT2D eigenvalue weighted by Crippen LogP contribution is -2.23. The van der Waals surface area contributed by atoms with Crippen molar-refractivity contribution in [2.75, 3.05) is 5.32 Å². The van der Waals surface area contributed by atoms with Crippen molar-refractivity contribution in [2.45, 2.75) is 33.1 Å². The minimum atomic E-state index is -0.256. The summed E-state index contributed by atoms with van der Waals surface area (Å²) < 4.78 is 8.91. The van der Waals surface area contributed by atoms with E-state index in [9.17, 15) is 9.59 Å². The van der Waals surface area contributed by atoms with Crippen LogP contribution in [0.2, 0.25) is 0 Å². The van der Waals surface area contributed by atoms with E-state index in [-0.39, 0.29) is 17.9 Å². The molecule has 0 saturated carbocycles. The maximum atomic E-state index is 13.0. The van der Waals surface area contributed by atoms with E-state index in [1.165, 1.54) is 5.56 Å². The summed E-state index contributed by atoms with van der Waals surface area (Å²) in [5.41, 5.74) is 4.23. The summed E-state index contributed by atoms with van der Waals surface area (Å²) in [6.07, 6.45) is 1.75. The van der Waals surface area contributed by atoms with Crippen LogP contribution in [-0.2, 0) is 18.3 Å². The van der Waals surface area contributed by atoms with Gasteiger partial charge in [0.2, 0.25) is 5.91 Å². The number of nitrogens with zero attached hydrogens (tertiary/aromatic N) is 2. The summed E-state index contributed by atoms with van der Waals surface area (Å²) in [7, 11) is 1.80. The molecule has 0 aliphatic heterocycles. The fraction of sp³-hybridized carbons (Fsp3) is 0.250. The molecule has 0 spiro atoms. The van der Waals surface area contributed by atoms with Crippen LogP contribution < -0.4 is 10.9 Å². The molecule has 0 unspecified atom stereocenters. The largest absolute Gasteiger partial charge is 0.464 e. The molecule has 0 bridgehead atoms. The van der Waals surface area contributed by atoms with Gasteiger partial charge in [0.25, 0.3) is 5.56 Å². The van der Waals surface area contributed by atoms with Crippen molar-refractivity contribution >= 4 is 22.6 Å². The quantitative estimate of drug-likeness (QED) is 0.532. The van der Waals surface area contributed by atoms with Crippen LogP contribution in [-0.4, -0.2) is 15.3 Å². The molecule has 2 heterocycles. The predicted octanol–water partition coefficient (Wildman–Crippen LogP) is 4.54. The van der Waals surface area contributed by atoms with Gasteiger partial charge in [0.1, 0.15) is 11.3 Å². The van der Waals surface area contributed by atoms with Crippen LogP contribution in [0.5, 0.6) is 0 Å². The van der Waals surface area contributed by atoms with Crippen LogP contribution in [0.25, 0.3) is 16.7 Å². The van der Waals surface area contributed by atoms with Gasteiger partial charge in [-0.25, -0.2) is 4.68 Å². The Morgan fingerprint density at radius 1 is 1.13 bits per heavy atom. The zero-order valence-corrected chi connectivity index (χ0v) is 17.6. The van der Waals surface area contributed by atoms with Gasteiger partial charge in [-0.05, 0) is 42.7 Å². The SMILES string of the molecule is Cc1c(NC(=O)Cc2coc3ccc(C(C)C)cc23)c(=O)n(-c2ccccc2)n1C. The average Bonchev–Trinajstić information content (AvgIpc) is 3.22. The number of benzene rings is 2. The lowest BCUT2D eigenvalue weighted by molar-refractivity contribution is -0.115. The standard InChI is InChI=1S/C24H25N3O3/c1-15(2)17-10-11-21-20(12-17)18(14-30-21)13-22(28)25-23-16(3)26(4)27(24(23)29)19-8-6-5-7-9-19/h5-12,14-15H,13H2,1-4H3,(H,25,28). The van der Waals surface area contributed by atoms with Gasteiger partial charge in [-0.1, -0.05) is 38.1 Å². The number of aromatic nitrogens is 2. The number of fused-ring (bicyclic) bond motifs is 1. The van der Waals surface area contributed by atoms with Gasteiger partial charge in [-0.2, -0.15) is 0 Å². The number of anilines is 1. The third kappa shape index (κ3) is 3.45. The highest BCUT2D eigenvalue weighted by Crippen LogP contribution is 2.26. The minimum absolute atomic E-state index is 0.133. The first kappa shape index (κ1) is 19.8. The number of furan rings is 1. The normalized spacial score (nSPS) is 11.4. The highest BCUT2D eigenvalue weighted by molar-refractivity contribution is 5.95. The molecule has 1 amide bonds. The number of nitrogens with one attached hydrogen (secondary N) is 1. The maximum Gasteiger partial charge on any atom is 0.295 e. The topological polar surface area (TPSA) is 69.2 Å². The second-order valence-electron chi connectivity index (χ2n) is 7.83. The monoisotopic (exact) mass is 403 g/mol. The molecule has 1 N–H and O–H groups in total. The number of hydrogen-bond donors (Lipinski definition) is 1. The molecule has 4 aromatic rings. The van der Waals surface area contributed by atoms with Gasteiger partial charge >= 0.3 is 0 Å². The Balaban J connectivity index is 1.62. The summed E-state index contributed by atoms with van der Waals surface area (Å²) in [6, 6.07) is 15.4. The number of carbonyl (C=O) groups is 1. The molecule has 0 aliphatic rings. The molecule has 2 aromatic heterocycles. The lowest BCUT2D eigenvalue weighted by atomic mass is 10.00. The van der Waals surface area contributed by atoms with Crippen molar-refractivity contribution in [3.05, 3.63) is 82.0 Å². The number of hydrogen-bond acceptors (Lipinski definition) is 3. The Hall–Kier alpha value is -3.54. The first-order valence-electron chi connectivity index (χ1n) is 10.0. The molecular formula is C24H25N3O3. The summed E-state index contributed by atoms with van der Waals surface area (Å²) in [5.74, 6) is 0.132. The molecule has 2 aromatic carbocycles. The van der Waals surface area contributed by atoms with E-state index in [4.69, 9.17) is 4.42 Å². The molecule has 0 aliphatic carbocycles. The van der Waals surface area contributed by atoms with Crippen molar-refractivity contribution < 1.29 is 9.21 Å². The van der Waals surface area contributed by atoms with Crippen molar-refractivity contribution in [3.63, 3.8) is 0 Å². The fourth-order valence-corrected chi connectivity index (χ4v) is 3.66. The van der Waals surface area contributed by atoms with E-state index < -0.39 is 0 Å². The van der Waals surface area contributed by atoms with E-state index in [1.807, 2.05) is 49.4 Å². The Morgan fingerprint density at radius 3 is 2.57 bits per heavy atom. The minimum Gasteiger partial charge on any atom is -0.464 e. The number of amides is 1. The molecule has 0 saturated heterocycles. The lowest BCUT2D eigenvalue weighted by Gasteiger charge is -2.07. The first-order valence-corrected chi connectivity index (χ1v) is 10.0. The molecule has 30 heavy (non-hydrogen) atoms. The van der Waals surface area contributed by atoms with Crippen LogP contribution in [0, 0.1) is 6.92 Å². The van der Waals surface area contributed by atoms with Crippen LogP contribution in [0.3, 0.4) is 0 Å². The smallest absolute Gasteiger partial charge is 0.295 e. The van der Waals surface area contributed by atoms with Crippen LogP contribution in [0.15, 0.2) is 64.0 Å². The summed E-state index contributed by atoms with van der Waals surface area (Å²) in [4.78, 5) is 25.8. The van der Waals surface area contributed by atoms with E-state index in [2.05, 4.69) is 25.2 Å². The second-order valence-corrected chi connectivity index (χ2v) is 7.83. The van der Waals surface area contributed by atoms with E-state index >= 15 is 0 Å². The summed E-state index contributed by atoms with van der Waals surface area (Å²) in [6.45, 7) is 6.08. The zero-order valence-electron chi connectivity index (χ0n) is 17.6. The molecule has 0 atom stereocenters. The molecule has 6 nitrogen and oxygen atoms in total. The zero-order chi connectivity index (χ0) is 21.4. The fourth-order valence-electron chi connectivity index (χ4n) is 3.66. The summed E-state index contributed by atoms with van der Waals surface area (Å²) >= 11 is 0. The first-order chi connectivity index (χ1) is 14.4. The van der Waals surface area contributed by atoms with Gasteiger partial charge in [0, 0.05) is 18.0 Å². The Labute approximate surface area is 174 Å². The van der Waals surface area contributed by atoms with Crippen LogP contribution in [0.4, 0.5) is 5.69 Å². The molecule has 0 radical (unpaired) electrons. The van der Waals surface area contributed by atoms with Crippen molar-refractivity contribution in [2.24, 2.45) is 7.05 Å². The number of carbonyl (C=O) groups excluding carboxylic acids is 1. The highest BCUT2D eigenvalue weighted by atomic mass is 16.3. The van der Waals surface area contributed by atoms with E-state index in [0.29, 0.717) is 17.3 Å². The summed E-state index contributed by atoms with van der Waals surface area (Å²) in [5, 5.41) is 3.75. The highest BCUT2D eigenvalue weighted by Gasteiger charge is 2.19.